The number of hydrogen-bond acceptors (Lipinski definition) is 4. The Kier molecular flexibility index (Phi) is 2.62. The maximum absolute atomic E-state index is 12.7. The van der Waals surface area contributed by atoms with Gasteiger partial charge in [-0.15, -0.1) is 0 Å². The fourth-order valence-electron chi connectivity index (χ4n) is 1.21. The van der Waals surface area contributed by atoms with Gasteiger partial charge in [-0.05, 0) is 12.1 Å². The summed E-state index contributed by atoms with van der Waals surface area (Å²) in [5.41, 5.74) is -1.42. The zero-order chi connectivity index (χ0) is 12.5. The maximum Gasteiger partial charge on any atom is 0.433 e. The highest BCUT2D eigenvalue weighted by atomic mass is 19.4. The van der Waals surface area contributed by atoms with Crippen LogP contribution >= 0.6 is 0 Å². The molecule has 2 aromatic rings. The van der Waals surface area contributed by atoms with Crippen molar-refractivity contribution in [3.8, 4) is 5.95 Å². The molecule has 0 radical (unpaired) electrons. The van der Waals surface area contributed by atoms with Gasteiger partial charge >= 0.3 is 6.18 Å². The monoisotopic (exact) mass is 242 g/mol. The van der Waals surface area contributed by atoms with E-state index >= 15 is 0 Å². The van der Waals surface area contributed by atoms with E-state index < -0.39 is 11.9 Å². The van der Waals surface area contributed by atoms with E-state index in [1.807, 2.05) is 0 Å². The molecule has 0 bridgehead atoms. The molecule has 0 fully saturated rings. The molecular formula is C9H5F3N4O. The minimum Gasteiger partial charge on any atom is -0.296 e. The van der Waals surface area contributed by atoms with Crippen LogP contribution in [0.5, 0.6) is 0 Å². The van der Waals surface area contributed by atoms with E-state index in [1.54, 1.807) is 0 Å². The fraction of sp³-hybridized carbons (Fsp3) is 0.111. The molecule has 2 rings (SSSR count). The molecule has 8 heteroatoms. The third-order valence-corrected chi connectivity index (χ3v) is 1.88. The second-order valence-corrected chi connectivity index (χ2v) is 3.03. The summed E-state index contributed by atoms with van der Waals surface area (Å²) in [6.07, 6.45) is -1.84. The Bertz CT molecular complexity index is 535. The molecule has 0 amide bonds. The molecule has 0 atom stereocenters. The highest BCUT2D eigenvalue weighted by Crippen LogP contribution is 2.30. The number of carbonyl (C=O) groups excluding carboxylic acids is 1. The molecule has 88 valence electrons. The van der Waals surface area contributed by atoms with Gasteiger partial charge in [0.05, 0.1) is 0 Å². The third kappa shape index (κ3) is 2.14. The molecule has 0 aliphatic rings. The molecule has 0 aromatic carbocycles. The molecule has 0 saturated heterocycles. The van der Waals surface area contributed by atoms with E-state index in [0.29, 0.717) is 10.7 Å². The summed E-state index contributed by atoms with van der Waals surface area (Å²) in [6.45, 7) is 0. The van der Waals surface area contributed by atoms with Crippen molar-refractivity contribution in [1.29, 1.82) is 0 Å². The van der Waals surface area contributed by atoms with Gasteiger partial charge in [-0.1, -0.05) is 0 Å². The van der Waals surface area contributed by atoms with Gasteiger partial charge < -0.3 is 0 Å². The Labute approximate surface area is 92.9 Å². The highest BCUT2D eigenvalue weighted by Gasteiger charge is 2.36. The lowest BCUT2D eigenvalue weighted by Crippen LogP contribution is -2.15. The zero-order valence-corrected chi connectivity index (χ0v) is 8.22. The first-order chi connectivity index (χ1) is 8.02. The van der Waals surface area contributed by atoms with Crippen molar-refractivity contribution in [2.75, 3.05) is 0 Å². The van der Waals surface area contributed by atoms with Crippen molar-refractivity contribution in [1.82, 2.24) is 19.7 Å². The molecular weight excluding hydrogens is 237 g/mol. The van der Waals surface area contributed by atoms with Gasteiger partial charge in [0.2, 0.25) is 0 Å². The number of aromatic nitrogens is 4. The number of aldehydes is 1. The van der Waals surface area contributed by atoms with E-state index in [9.17, 15) is 18.0 Å². The van der Waals surface area contributed by atoms with Crippen LogP contribution in [0.2, 0.25) is 0 Å². The van der Waals surface area contributed by atoms with Crippen LogP contribution in [0.1, 0.15) is 16.2 Å². The highest BCUT2D eigenvalue weighted by molar-refractivity contribution is 5.72. The minimum atomic E-state index is -4.63. The van der Waals surface area contributed by atoms with E-state index in [-0.39, 0.29) is 17.9 Å². The maximum atomic E-state index is 12.7. The van der Waals surface area contributed by atoms with Crippen LogP contribution in [0.3, 0.4) is 0 Å². The molecule has 2 aromatic heterocycles. The van der Waals surface area contributed by atoms with Gasteiger partial charge in [0, 0.05) is 12.4 Å². The predicted octanol–water partition coefficient (Wildman–Crippen LogP) is 1.49. The van der Waals surface area contributed by atoms with E-state index in [0.717, 1.165) is 0 Å². The van der Waals surface area contributed by atoms with Crippen LogP contribution in [-0.2, 0) is 6.18 Å². The number of hydrogen-bond donors (Lipinski definition) is 0. The summed E-state index contributed by atoms with van der Waals surface area (Å²) in [4.78, 5) is 17.7. The van der Waals surface area contributed by atoms with Crippen molar-refractivity contribution < 1.29 is 18.0 Å². The van der Waals surface area contributed by atoms with Gasteiger partial charge in [0.15, 0.2) is 12.0 Å². The van der Waals surface area contributed by atoms with Crippen LogP contribution < -0.4 is 0 Å². The van der Waals surface area contributed by atoms with Crippen LogP contribution in [0, 0.1) is 0 Å². The number of rotatable bonds is 2. The molecule has 5 nitrogen and oxygen atoms in total. The summed E-state index contributed by atoms with van der Waals surface area (Å²) in [6, 6.07) is 2.10. The van der Waals surface area contributed by atoms with Crippen molar-refractivity contribution in [3.05, 3.63) is 35.9 Å². The first-order valence-electron chi connectivity index (χ1n) is 4.42. The lowest BCUT2D eigenvalue weighted by Gasteiger charge is -2.07. The van der Waals surface area contributed by atoms with Crippen LogP contribution in [0.4, 0.5) is 13.2 Å². The summed E-state index contributed by atoms with van der Waals surface area (Å²) >= 11 is 0. The Morgan fingerprint density at radius 2 is 1.88 bits per heavy atom. The average molecular weight is 242 g/mol. The molecule has 0 aliphatic heterocycles. The smallest absolute Gasteiger partial charge is 0.296 e. The normalized spacial score (nSPS) is 11.5. The lowest BCUT2D eigenvalue weighted by molar-refractivity contribution is -0.142. The summed E-state index contributed by atoms with van der Waals surface area (Å²) in [5.74, 6) is -0.243. The van der Waals surface area contributed by atoms with E-state index in [2.05, 4.69) is 15.1 Å². The molecule has 0 aliphatic carbocycles. The second kappa shape index (κ2) is 3.96. The number of nitrogens with zero attached hydrogens (tertiary/aromatic N) is 4. The fourth-order valence-corrected chi connectivity index (χ4v) is 1.21. The number of alkyl halides is 3. The Balaban J connectivity index is 2.61. The second-order valence-electron chi connectivity index (χ2n) is 3.03. The van der Waals surface area contributed by atoms with Gasteiger partial charge in [0.25, 0.3) is 5.95 Å². The topological polar surface area (TPSA) is 60.7 Å². The molecule has 17 heavy (non-hydrogen) atoms. The molecule has 0 saturated carbocycles. The third-order valence-electron chi connectivity index (χ3n) is 1.88. The van der Waals surface area contributed by atoms with Crippen molar-refractivity contribution in [2.45, 2.75) is 6.18 Å². The minimum absolute atomic E-state index is 0.231. The zero-order valence-electron chi connectivity index (χ0n) is 8.22. The largest absolute Gasteiger partial charge is 0.433 e. The first kappa shape index (κ1) is 11.2. The summed E-state index contributed by atoms with van der Waals surface area (Å²) < 4.78 is 38.4. The standard InChI is InChI=1S/C9H5F3N4O/c10-9(11,12)7-4-6(5-17)15-16(7)8-13-2-1-3-14-8/h1-5H. The Hall–Kier alpha value is -2.25. The van der Waals surface area contributed by atoms with Gasteiger partial charge in [-0.2, -0.15) is 23.0 Å². The molecule has 0 N–H and O–H groups in total. The van der Waals surface area contributed by atoms with Crippen molar-refractivity contribution in [2.24, 2.45) is 0 Å². The predicted molar refractivity (Wildman–Crippen MR) is 49.5 cm³/mol. The summed E-state index contributed by atoms with van der Waals surface area (Å²) in [7, 11) is 0. The SMILES string of the molecule is O=Cc1cc(C(F)(F)F)n(-c2ncccn2)n1. The van der Waals surface area contributed by atoms with Gasteiger partial charge in [-0.25, -0.2) is 9.97 Å². The van der Waals surface area contributed by atoms with Gasteiger partial charge in [0.1, 0.15) is 5.69 Å². The summed E-state index contributed by atoms with van der Waals surface area (Å²) in [5, 5.41) is 3.47. The first-order valence-corrected chi connectivity index (χ1v) is 4.42. The lowest BCUT2D eigenvalue weighted by atomic mass is 10.3. The van der Waals surface area contributed by atoms with Gasteiger partial charge in [-0.3, -0.25) is 4.79 Å². The van der Waals surface area contributed by atoms with Crippen LogP contribution in [-0.4, -0.2) is 26.0 Å². The molecule has 0 unspecified atom stereocenters. The molecule has 2 heterocycles. The quantitative estimate of drug-likeness (QED) is 0.748. The average Bonchev–Trinajstić information content (AvgIpc) is 2.74. The Morgan fingerprint density at radius 3 is 2.41 bits per heavy atom. The van der Waals surface area contributed by atoms with Crippen molar-refractivity contribution >= 4 is 6.29 Å². The van der Waals surface area contributed by atoms with E-state index in [1.165, 1.54) is 18.5 Å². The number of halogens is 3. The van der Waals surface area contributed by atoms with Crippen LogP contribution in [0.25, 0.3) is 5.95 Å². The van der Waals surface area contributed by atoms with E-state index in [4.69, 9.17) is 0 Å². The van der Waals surface area contributed by atoms with Crippen molar-refractivity contribution in [3.63, 3.8) is 0 Å². The molecule has 0 spiro atoms. The Morgan fingerprint density at radius 1 is 1.24 bits per heavy atom. The number of carbonyl (C=O) groups is 1. The van der Waals surface area contributed by atoms with Crippen LogP contribution in [0.15, 0.2) is 24.5 Å².